The first-order chi connectivity index (χ1) is 11.5. The van der Waals surface area contributed by atoms with Crippen LogP contribution in [0.5, 0.6) is 17.2 Å². The summed E-state index contributed by atoms with van der Waals surface area (Å²) in [5, 5.41) is 13.8. The van der Waals surface area contributed by atoms with Crippen molar-refractivity contribution in [3.05, 3.63) is 52.5 Å². The molecule has 0 radical (unpaired) electrons. The van der Waals surface area contributed by atoms with Crippen LogP contribution in [0.25, 0.3) is 0 Å². The Hall–Kier alpha value is -2.54. The number of aromatic hydroxyl groups is 1. The second kappa shape index (κ2) is 8.35. The molecule has 1 unspecified atom stereocenters. The summed E-state index contributed by atoms with van der Waals surface area (Å²) in [5.74, 6) is 0.436. The Morgan fingerprint density at radius 3 is 2.67 bits per heavy atom. The second-order valence-corrected chi connectivity index (χ2v) is 5.68. The molecular weight excluding hydrogens is 376 g/mol. The molecular formula is C17H17BrN2O4. The van der Waals surface area contributed by atoms with E-state index in [4.69, 9.17) is 9.47 Å². The summed E-state index contributed by atoms with van der Waals surface area (Å²) in [7, 11) is 1.46. The molecule has 0 aliphatic heterocycles. The number of carbonyl (C=O) groups excluding carboxylic acids is 1. The predicted molar refractivity (Wildman–Crippen MR) is 94.6 cm³/mol. The van der Waals surface area contributed by atoms with Crippen molar-refractivity contribution in [3.8, 4) is 17.2 Å². The van der Waals surface area contributed by atoms with E-state index in [0.29, 0.717) is 17.1 Å². The number of carbonyl (C=O) groups is 1. The molecule has 0 fully saturated rings. The molecule has 2 rings (SSSR count). The van der Waals surface area contributed by atoms with Gasteiger partial charge in [0.2, 0.25) is 0 Å². The van der Waals surface area contributed by atoms with Crippen LogP contribution in [0.4, 0.5) is 0 Å². The Morgan fingerprint density at radius 2 is 1.96 bits per heavy atom. The van der Waals surface area contributed by atoms with Crippen LogP contribution in [0.2, 0.25) is 0 Å². The molecule has 0 aliphatic carbocycles. The minimum atomic E-state index is -0.736. The van der Waals surface area contributed by atoms with Gasteiger partial charge in [0, 0.05) is 5.56 Å². The average Bonchev–Trinajstić information content (AvgIpc) is 2.58. The lowest BCUT2D eigenvalue weighted by molar-refractivity contribution is -0.127. The number of phenols is 1. The van der Waals surface area contributed by atoms with E-state index in [-0.39, 0.29) is 5.75 Å². The van der Waals surface area contributed by atoms with Gasteiger partial charge >= 0.3 is 0 Å². The zero-order chi connectivity index (χ0) is 17.5. The van der Waals surface area contributed by atoms with E-state index in [9.17, 15) is 9.90 Å². The van der Waals surface area contributed by atoms with Crippen molar-refractivity contribution in [1.29, 1.82) is 0 Å². The molecule has 2 N–H and O–H groups in total. The minimum absolute atomic E-state index is 0.0458. The van der Waals surface area contributed by atoms with Gasteiger partial charge in [0.05, 0.1) is 17.8 Å². The number of nitrogens with zero attached hydrogens (tertiary/aromatic N) is 1. The van der Waals surface area contributed by atoms with Crippen molar-refractivity contribution < 1.29 is 19.4 Å². The molecule has 2 aromatic rings. The third kappa shape index (κ3) is 4.48. The van der Waals surface area contributed by atoms with Crippen molar-refractivity contribution >= 4 is 28.1 Å². The standard InChI is InChI=1S/C17H17BrN2O4/c1-11(24-14-8-4-3-7-13(14)18)17(22)20-19-10-12-6-5-9-15(23-2)16(12)21/h3-11,21H,1-2H3,(H,20,22). The quantitative estimate of drug-likeness (QED) is 0.584. The lowest BCUT2D eigenvalue weighted by Gasteiger charge is -2.14. The molecule has 0 spiro atoms. The number of ether oxygens (including phenoxy) is 2. The summed E-state index contributed by atoms with van der Waals surface area (Å²) in [6.07, 6.45) is 0.598. The molecule has 0 aromatic heterocycles. The first kappa shape index (κ1) is 17.8. The second-order valence-electron chi connectivity index (χ2n) is 4.82. The summed E-state index contributed by atoms with van der Waals surface area (Å²) >= 11 is 3.35. The van der Waals surface area contributed by atoms with Crippen LogP contribution in [0.1, 0.15) is 12.5 Å². The normalized spacial score (nSPS) is 12.0. The third-order valence-electron chi connectivity index (χ3n) is 3.14. The van der Waals surface area contributed by atoms with Crippen molar-refractivity contribution in [3.63, 3.8) is 0 Å². The van der Waals surface area contributed by atoms with E-state index in [1.54, 1.807) is 31.2 Å². The van der Waals surface area contributed by atoms with Crippen LogP contribution in [0, 0.1) is 0 Å². The van der Waals surface area contributed by atoms with Crippen molar-refractivity contribution in [2.45, 2.75) is 13.0 Å². The zero-order valence-electron chi connectivity index (χ0n) is 13.2. The van der Waals surface area contributed by atoms with E-state index >= 15 is 0 Å². The number of amides is 1. The van der Waals surface area contributed by atoms with Gasteiger partial charge in [-0.3, -0.25) is 4.79 Å². The highest BCUT2D eigenvalue weighted by molar-refractivity contribution is 9.10. The van der Waals surface area contributed by atoms with Crippen LogP contribution < -0.4 is 14.9 Å². The topological polar surface area (TPSA) is 80.2 Å². The maximum absolute atomic E-state index is 12.0. The van der Waals surface area contributed by atoms with Crippen LogP contribution >= 0.6 is 15.9 Å². The number of methoxy groups -OCH3 is 1. The number of hydrogen-bond donors (Lipinski definition) is 2. The molecule has 1 amide bonds. The third-order valence-corrected chi connectivity index (χ3v) is 3.79. The van der Waals surface area contributed by atoms with Gasteiger partial charge in [-0.2, -0.15) is 5.10 Å². The summed E-state index contributed by atoms with van der Waals surface area (Å²) < 4.78 is 11.3. The van der Waals surface area contributed by atoms with Crippen LogP contribution in [-0.2, 0) is 4.79 Å². The number of benzene rings is 2. The Labute approximate surface area is 148 Å². The van der Waals surface area contributed by atoms with E-state index < -0.39 is 12.0 Å². The number of halogens is 1. The van der Waals surface area contributed by atoms with Gasteiger partial charge in [-0.25, -0.2) is 5.43 Å². The largest absolute Gasteiger partial charge is 0.504 e. The van der Waals surface area contributed by atoms with Crippen LogP contribution in [0.3, 0.4) is 0 Å². The molecule has 24 heavy (non-hydrogen) atoms. The number of para-hydroxylation sites is 2. The molecule has 0 aliphatic rings. The minimum Gasteiger partial charge on any atom is -0.504 e. The molecule has 0 bridgehead atoms. The first-order valence-electron chi connectivity index (χ1n) is 7.13. The van der Waals surface area contributed by atoms with Gasteiger partial charge in [-0.15, -0.1) is 0 Å². The number of hydrogen-bond acceptors (Lipinski definition) is 5. The fourth-order valence-corrected chi connectivity index (χ4v) is 2.23. The zero-order valence-corrected chi connectivity index (χ0v) is 14.8. The van der Waals surface area contributed by atoms with E-state index in [1.165, 1.54) is 13.3 Å². The maximum atomic E-state index is 12.0. The Bertz CT molecular complexity index is 749. The number of hydrazone groups is 1. The molecule has 6 nitrogen and oxygen atoms in total. The Kier molecular flexibility index (Phi) is 6.20. The highest BCUT2D eigenvalue weighted by Crippen LogP contribution is 2.28. The highest BCUT2D eigenvalue weighted by atomic mass is 79.9. The first-order valence-corrected chi connectivity index (χ1v) is 7.92. The lowest BCUT2D eigenvalue weighted by Crippen LogP contribution is -2.33. The van der Waals surface area contributed by atoms with Crippen molar-refractivity contribution in [1.82, 2.24) is 5.43 Å². The van der Waals surface area contributed by atoms with E-state index in [2.05, 4.69) is 26.5 Å². The van der Waals surface area contributed by atoms with Gasteiger partial charge in [0.15, 0.2) is 17.6 Å². The molecule has 1 atom stereocenters. The molecule has 0 saturated carbocycles. The summed E-state index contributed by atoms with van der Waals surface area (Å²) in [4.78, 5) is 12.0. The van der Waals surface area contributed by atoms with Crippen LogP contribution in [-0.4, -0.2) is 30.4 Å². The smallest absolute Gasteiger partial charge is 0.280 e. The van der Waals surface area contributed by atoms with Crippen molar-refractivity contribution in [2.24, 2.45) is 5.10 Å². The summed E-state index contributed by atoms with van der Waals surface area (Å²) in [6, 6.07) is 12.2. The maximum Gasteiger partial charge on any atom is 0.280 e. The summed E-state index contributed by atoms with van der Waals surface area (Å²) in [5.41, 5.74) is 2.80. The van der Waals surface area contributed by atoms with Crippen LogP contribution in [0.15, 0.2) is 52.0 Å². The van der Waals surface area contributed by atoms with Gasteiger partial charge < -0.3 is 14.6 Å². The molecule has 126 valence electrons. The molecule has 0 heterocycles. The number of rotatable bonds is 6. The van der Waals surface area contributed by atoms with Gasteiger partial charge in [-0.05, 0) is 47.1 Å². The monoisotopic (exact) mass is 392 g/mol. The number of nitrogens with one attached hydrogen (secondary N) is 1. The Morgan fingerprint density at radius 1 is 1.25 bits per heavy atom. The molecule has 2 aromatic carbocycles. The Balaban J connectivity index is 1.96. The summed E-state index contributed by atoms with van der Waals surface area (Å²) in [6.45, 7) is 1.62. The highest BCUT2D eigenvalue weighted by Gasteiger charge is 2.15. The average molecular weight is 393 g/mol. The SMILES string of the molecule is COc1cccc(C=NNC(=O)C(C)Oc2ccccc2Br)c1O. The molecule has 7 heteroatoms. The van der Waals surface area contributed by atoms with Gasteiger partial charge in [0.1, 0.15) is 5.75 Å². The van der Waals surface area contributed by atoms with Gasteiger partial charge in [-0.1, -0.05) is 18.2 Å². The number of phenolic OH excluding ortho intramolecular Hbond substituents is 1. The van der Waals surface area contributed by atoms with Gasteiger partial charge in [0.25, 0.3) is 5.91 Å². The fraction of sp³-hybridized carbons (Fsp3) is 0.176. The van der Waals surface area contributed by atoms with Crippen molar-refractivity contribution in [2.75, 3.05) is 7.11 Å². The molecule has 0 saturated heterocycles. The lowest BCUT2D eigenvalue weighted by atomic mass is 10.2. The van der Waals surface area contributed by atoms with E-state index in [1.807, 2.05) is 18.2 Å². The fourth-order valence-electron chi connectivity index (χ4n) is 1.85. The van der Waals surface area contributed by atoms with E-state index in [0.717, 1.165) is 4.47 Å². The predicted octanol–water partition coefficient (Wildman–Crippen LogP) is 3.08.